The summed E-state index contributed by atoms with van der Waals surface area (Å²) >= 11 is 5.22. The normalized spacial score (nSPS) is 10.5. The molecule has 88 valence electrons. The third-order valence-electron chi connectivity index (χ3n) is 2.55. The summed E-state index contributed by atoms with van der Waals surface area (Å²) in [5.74, 6) is 0. The Morgan fingerprint density at radius 3 is 2.47 bits per heavy atom. The van der Waals surface area contributed by atoms with E-state index in [2.05, 4.69) is 65.3 Å². The first-order chi connectivity index (χ1) is 8.20. The Hall–Kier alpha value is -0.770. The van der Waals surface area contributed by atoms with E-state index in [1.54, 1.807) is 11.8 Å². The number of rotatable bonds is 3. The highest BCUT2D eigenvalue weighted by Gasteiger charge is 2.06. The molecule has 0 fully saturated rings. The smallest absolute Gasteiger partial charge is 0.0196 e. The van der Waals surface area contributed by atoms with E-state index in [1.807, 2.05) is 0 Å². The van der Waals surface area contributed by atoms with Crippen LogP contribution < -0.4 is 5.73 Å². The van der Waals surface area contributed by atoms with Crippen molar-refractivity contribution >= 4 is 27.7 Å². The molecule has 1 nitrogen and oxygen atoms in total. The van der Waals surface area contributed by atoms with Gasteiger partial charge in [-0.1, -0.05) is 45.9 Å². The molecule has 0 aromatic heterocycles. The third-order valence-corrected chi connectivity index (χ3v) is 4.37. The fourth-order valence-corrected chi connectivity index (χ4v) is 2.92. The lowest BCUT2D eigenvalue weighted by molar-refractivity contribution is 1.01. The van der Waals surface area contributed by atoms with Gasteiger partial charge in [0.2, 0.25) is 0 Å². The molecular weight excluding hydrogens is 294 g/mol. The molecule has 0 heterocycles. The van der Waals surface area contributed by atoms with Crippen molar-refractivity contribution in [2.45, 2.75) is 23.3 Å². The Bertz CT molecular complexity index is 508. The third kappa shape index (κ3) is 3.12. The van der Waals surface area contributed by atoms with Crippen LogP contribution in [-0.4, -0.2) is 0 Å². The average Bonchev–Trinajstić information content (AvgIpc) is 2.34. The molecule has 0 unspecified atom stereocenters. The van der Waals surface area contributed by atoms with Gasteiger partial charge in [-0.25, -0.2) is 0 Å². The van der Waals surface area contributed by atoms with E-state index in [4.69, 9.17) is 5.73 Å². The Labute approximate surface area is 115 Å². The molecule has 0 spiro atoms. The molecule has 0 amide bonds. The van der Waals surface area contributed by atoms with Gasteiger partial charge < -0.3 is 5.73 Å². The second-order valence-electron chi connectivity index (χ2n) is 3.82. The summed E-state index contributed by atoms with van der Waals surface area (Å²) in [6.45, 7) is 2.71. The summed E-state index contributed by atoms with van der Waals surface area (Å²) in [7, 11) is 0. The molecule has 0 bridgehead atoms. The van der Waals surface area contributed by atoms with Gasteiger partial charge in [0.25, 0.3) is 0 Å². The first-order valence-electron chi connectivity index (χ1n) is 5.42. The van der Waals surface area contributed by atoms with Crippen LogP contribution >= 0.6 is 27.7 Å². The molecule has 0 radical (unpaired) electrons. The first kappa shape index (κ1) is 12.7. The highest BCUT2D eigenvalue weighted by Crippen LogP contribution is 2.33. The second-order valence-corrected chi connectivity index (χ2v) is 5.82. The predicted molar refractivity (Wildman–Crippen MR) is 77.3 cm³/mol. The molecule has 2 aromatic rings. The summed E-state index contributed by atoms with van der Waals surface area (Å²) in [6.07, 6.45) is 0. The summed E-state index contributed by atoms with van der Waals surface area (Å²) in [5, 5.41) is 0. The van der Waals surface area contributed by atoms with Gasteiger partial charge in [-0.3, -0.25) is 0 Å². The molecule has 0 saturated heterocycles. The molecule has 2 aromatic carbocycles. The SMILES string of the molecule is Cc1cccc(CN)c1Sc1ccc(Br)cc1. The lowest BCUT2D eigenvalue weighted by Crippen LogP contribution is -1.99. The van der Waals surface area contributed by atoms with E-state index < -0.39 is 0 Å². The van der Waals surface area contributed by atoms with E-state index >= 15 is 0 Å². The average molecular weight is 308 g/mol. The molecule has 0 atom stereocenters. The van der Waals surface area contributed by atoms with E-state index in [-0.39, 0.29) is 0 Å². The van der Waals surface area contributed by atoms with Crippen molar-refractivity contribution in [2.24, 2.45) is 5.73 Å². The lowest BCUT2D eigenvalue weighted by Gasteiger charge is -2.10. The summed E-state index contributed by atoms with van der Waals surface area (Å²) in [4.78, 5) is 2.51. The van der Waals surface area contributed by atoms with Gasteiger partial charge in [-0.15, -0.1) is 0 Å². The number of halogens is 1. The summed E-state index contributed by atoms with van der Waals surface area (Å²) in [5.41, 5.74) is 8.26. The van der Waals surface area contributed by atoms with Crippen LogP contribution in [-0.2, 0) is 6.54 Å². The zero-order valence-corrected chi connectivity index (χ0v) is 12.0. The summed E-state index contributed by atoms with van der Waals surface area (Å²) < 4.78 is 1.10. The molecule has 3 heteroatoms. The zero-order valence-electron chi connectivity index (χ0n) is 9.61. The fraction of sp³-hybridized carbons (Fsp3) is 0.143. The van der Waals surface area contributed by atoms with Crippen LogP contribution in [0.25, 0.3) is 0 Å². The van der Waals surface area contributed by atoms with Crippen molar-refractivity contribution in [1.29, 1.82) is 0 Å². The predicted octanol–water partition coefficient (Wildman–Crippen LogP) is 4.37. The van der Waals surface area contributed by atoms with Gasteiger partial charge in [0.15, 0.2) is 0 Å². The molecule has 17 heavy (non-hydrogen) atoms. The Balaban J connectivity index is 2.32. The maximum atomic E-state index is 5.78. The van der Waals surface area contributed by atoms with E-state index in [9.17, 15) is 0 Å². The van der Waals surface area contributed by atoms with E-state index in [0.29, 0.717) is 6.54 Å². The van der Waals surface area contributed by atoms with Crippen molar-refractivity contribution in [2.75, 3.05) is 0 Å². The van der Waals surface area contributed by atoms with Gasteiger partial charge >= 0.3 is 0 Å². The van der Waals surface area contributed by atoms with Gasteiger partial charge in [-0.05, 0) is 42.3 Å². The second kappa shape index (κ2) is 5.71. The maximum Gasteiger partial charge on any atom is 0.0196 e. The quantitative estimate of drug-likeness (QED) is 0.911. The molecular formula is C14H14BrNS. The maximum absolute atomic E-state index is 5.78. The minimum absolute atomic E-state index is 0.584. The zero-order chi connectivity index (χ0) is 12.3. The summed E-state index contributed by atoms with van der Waals surface area (Å²) in [6, 6.07) is 14.6. The van der Waals surface area contributed by atoms with Crippen LogP contribution in [0.1, 0.15) is 11.1 Å². The lowest BCUT2D eigenvalue weighted by atomic mass is 10.1. The van der Waals surface area contributed by atoms with E-state index in [1.165, 1.54) is 20.9 Å². The topological polar surface area (TPSA) is 26.0 Å². The number of hydrogen-bond donors (Lipinski definition) is 1. The Kier molecular flexibility index (Phi) is 4.26. The molecule has 2 rings (SSSR count). The first-order valence-corrected chi connectivity index (χ1v) is 7.03. The van der Waals surface area contributed by atoms with Crippen molar-refractivity contribution in [1.82, 2.24) is 0 Å². The van der Waals surface area contributed by atoms with Crippen molar-refractivity contribution in [3.8, 4) is 0 Å². The van der Waals surface area contributed by atoms with Gasteiger partial charge in [0.1, 0.15) is 0 Å². The van der Waals surface area contributed by atoms with Crippen LogP contribution in [0.4, 0.5) is 0 Å². The molecule has 0 aliphatic rings. The minimum Gasteiger partial charge on any atom is -0.326 e. The largest absolute Gasteiger partial charge is 0.326 e. The number of benzene rings is 2. The van der Waals surface area contributed by atoms with Crippen LogP contribution in [0.5, 0.6) is 0 Å². The van der Waals surface area contributed by atoms with Crippen molar-refractivity contribution in [3.05, 3.63) is 58.1 Å². The van der Waals surface area contributed by atoms with Gasteiger partial charge in [0.05, 0.1) is 0 Å². The van der Waals surface area contributed by atoms with Crippen molar-refractivity contribution < 1.29 is 0 Å². The molecule has 0 aliphatic heterocycles. The standard InChI is InChI=1S/C14H14BrNS/c1-10-3-2-4-11(9-16)14(10)17-13-7-5-12(15)6-8-13/h2-8H,9,16H2,1H3. The highest BCUT2D eigenvalue weighted by molar-refractivity contribution is 9.10. The molecule has 0 aliphatic carbocycles. The molecule has 0 saturated carbocycles. The number of aryl methyl sites for hydroxylation is 1. The monoisotopic (exact) mass is 307 g/mol. The highest BCUT2D eigenvalue weighted by atomic mass is 79.9. The van der Waals surface area contributed by atoms with Crippen molar-refractivity contribution in [3.63, 3.8) is 0 Å². The van der Waals surface area contributed by atoms with Crippen LogP contribution in [0.15, 0.2) is 56.7 Å². The number of hydrogen-bond acceptors (Lipinski definition) is 2. The van der Waals surface area contributed by atoms with Crippen LogP contribution in [0.3, 0.4) is 0 Å². The minimum atomic E-state index is 0.584. The van der Waals surface area contributed by atoms with Crippen LogP contribution in [0.2, 0.25) is 0 Å². The fourth-order valence-electron chi connectivity index (χ4n) is 1.64. The molecule has 2 N–H and O–H groups in total. The number of nitrogens with two attached hydrogens (primary N) is 1. The van der Waals surface area contributed by atoms with Crippen LogP contribution in [0, 0.1) is 6.92 Å². The van der Waals surface area contributed by atoms with E-state index in [0.717, 1.165) is 4.47 Å². The Morgan fingerprint density at radius 2 is 1.82 bits per heavy atom. The van der Waals surface area contributed by atoms with Gasteiger partial charge in [-0.2, -0.15) is 0 Å². The Morgan fingerprint density at radius 1 is 1.12 bits per heavy atom. The van der Waals surface area contributed by atoms with Gasteiger partial charge in [0, 0.05) is 20.8 Å².